The average molecular weight is 750 g/mol. The van der Waals surface area contributed by atoms with Crippen LogP contribution in [-0.2, 0) is 48.2 Å². The van der Waals surface area contributed by atoms with Gasteiger partial charge in [0.2, 0.25) is 0 Å². The van der Waals surface area contributed by atoms with E-state index in [0.29, 0.717) is 38.5 Å². The molecule has 272 valence electrons. The van der Waals surface area contributed by atoms with Crippen molar-refractivity contribution >= 4 is 35.8 Å². The molecule has 0 rings (SSSR count). The van der Waals surface area contributed by atoms with E-state index in [1.807, 2.05) is 41.5 Å². The van der Waals surface area contributed by atoms with Crippen LogP contribution in [0, 0.1) is 32.5 Å². The molecule has 0 aliphatic rings. The maximum Gasteiger partial charge on any atom is 0.309 e. The fourth-order valence-electron chi connectivity index (χ4n) is 3.85. The Morgan fingerprint density at radius 3 is 0.630 bits per heavy atom. The van der Waals surface area contributed by atoms with E-state index in [1.54, 1.807) is 41.5 Å². The summed E-state index contributed by atoms with van der Waals surface area (Å²) in [5, 5.41) is 52.7. The van der Waals surface area contributed by atoms with E-state index in [0.717, 1.165) is 0 Å². The molecule has 0 saturated heterocycles. The van der Waals surface area contributed by atoms with E-state index in [-0.39, 0.29) is 38.7 Å². The fourth-order valence-corrected chi connectivity index (χ4v) is 3.85. The smallest absolute Gasteiger partial charge is 0.309 e. The van der Waals surface area contributed by atoms with Crippen LogP contribution in [-0.4, -0.2) is 66.5 Å². The Morgan fingerprint density at radius 2 is 0.522 bits per heavy atom. The van der Waals surface area contributed by atoms with Crippen LogP contribution >= 0.6 is 0 Å². The largest absolute Gasteiger partial charge is 0.481 e. The Morgan fingerprint density at radius 1 is 0.370 bits per heavy atom. The predicted octanol–water partition coefficient (Wildman–Crippen LogP) is 7.13. The Hall–Kier alpha value is -2.56. The molecule has 0 amide bonds. The number of hydrogen-bond acceptors (Lipinski definition) is 6. The monoisotopic (exact) mass is 750 g/mol. The molecule has 0 bridgehead atoms. The zero-order chi connectivity index (χ0) is 36.8. The summed E-state index contributed by atoms with van der Waals surface area (Å²) in [5.41, 5.74) is -3.75. The minimum absolute atomic E-state index is 0. The van der Waals surface area contributed by atoms with E-state index in [9.17, 15) is 28.8 Å². The standard InChI is InChI=1S/3C11H20O4.Ru/c3*1-10(2,7-5-6-8(12)13)11(3,4)9(14)15;/h3*5-7H2,1-4H3,(H,12,13)(H,14,15);. The molecule has 0 saturated carbocycles. The first-order valence-corrected chi connectivity index (χ1v) is 15.2. The summed E-state index contributed by atoms with van der Waals surface area (Å²) in [6.45, 7) is 21.2. The van der Waals surface area contributed by atoms with Crippen molar-refractivity contribution in [2.45, 2.75) is 141 Å². The molecule has 0 heterocycles. The van der Waals surface area contributed by atoms with Gasteiger partial charge in [-0.2, -0.15) is 0 Å². The van der Waals surface area contributed by atoms with Crippen molar-refractivity contribution in [3.63, 3.8) is 0 Å². The quantitative estimate of drug-likeness (QED) is 0.0770. The van der Waals surface area contributed by atoms with Crippen molar-refractivity contribution in [3.05, 3.63) is 0 Å². The number of hydrogen-bond donors (Lipinski definition) is 6. The van der Waals surface area contributed by atoms with E-state index < -0.39 is 68.3 Å². The van der Waals surface area contributed by atoms with Crippen LogP contribution in [0.1, 0.15) is 141 Å². The molecular weight excluding hydrogens is 689 g/mol. The van der Waals surface area contributed by atoms with Gasteiger partial charge in [0.15, 0.2) is 0 Å². The number of carboxylic acid groups (broad SMARTS) is 6. The molecule has 0 aromatic heterocycles. The molecule has 0 aliphatic heterocycles. The van der Waals surface area contributed by atoms with Crippen molar-refractivity contribution in [1.82, 2.24) is 0 Å². The molecule has 13 heteroatoms. The third-order valence-corrected chi connectivity index (χ3v) is 10.3. The van der Waals surface area contributed by atoms with Gasteiger partial charge in [0.1, 0.15) is 0 Å². The molecule has 12 nitrogen and oxygen atoms in total. The SMILES string of the molecule is CC(C)(CCCC(=O)O)C(C)(C)C(=O)O.CC(C)(CCCC(=O)O)C(C)(C)C(=O)O.CC(C)(CCCC(=O)O)C(C)(C)C(=O)O.[Ru]. The second-order valence-electron chi connectivity index (χ2n) is 15.2. The molecule has 0 fully saturated rings. The summed E-state index contributed by atoms with van der Waals surface area (Å²) in [7, 11) is 0. The Labute approximate surface area is 287 Å². The molecule has 46 heavy (non-hydrogen) atoms. The van der Waals surface area contributed by atoms with Gasteiger partial charge in [-0.3, -0.25) is 28.8 Å². The van der Waals surface area contributed by atoms with Crippen LogP contribution in [0.2, 0.25) is 0 Å². The predicted molar refractivity (Wildman–Crippen MR) is 170 cm³/mol. The summed E-state index contributed by atoms with van der Waals surface area (Å²) < 4.78 is 0. The minimum Gasteiger partial charge on any atom is -0.481 e. The first-order chi connectivity index (χ1) is 19.8. The van der Waals surface area contributed by atoms with Crippen LogP contribution in [0.25, 0.3) is 0 Å². The van der Waals surface area contributed by atoms with Crippen molar-refractivity contribution in [3.8, 4) is 0 Å². The maximum absolute atomic E-state index is 11.0. The van der Waals surface area contributed by atoms with Gasteiger partial charge in [0.05, 0.1) is 16.2 Å². The van der Waals surface area contributed by atoms with Crippen molar-refractivity contribution in [2.24, 2.45) is 32.5 Å². The molecule has 0 unspecified atom stereocenters. The van der Waals surface area contributed by atoms with Crippen LogP contribution in [0.5, 0.6) is 0 Å². The number of carbonyl (C=O) groups is 6. The second kappa shape index (κ2) is 20.0. The van der Waals surface area contributed by atoms with Gasteiger partial charge < -0.3 is 30.6 Å². The van der Waals surface area contributed by atoms with Gasteiger partial charge >= 0.3 is 35.8 Å². The third kappa shape index (κ3) is 16.8. The van der Waals surface area contributed by atoms with Crippen LogP contribution in [0.3, 0.4) is 0 Å². The summed E-state index contributed by atoms with van der Waals surface area (Å²) >= 11 is 0. The second-order valence-corrected chi connectivity index (χ2v) is 15.2. The molecule has 0 radical (unpaired) electrons. The van der Waals surface area contributed by atoms with Crippen LogP contribution in [0.15, 0.2) is 0 Å². The first-order valence-electron chi connectivity index (χ1n) is 15.2. The number of rotatable bonds is 18. The molecular formula is C33H60O12Ru. The molecule has 0 aromatic rings. The van der Waals surface area contributed by atoms with Gasteiger partial charge in [0, 0.05) is 38.7 Å². The van der Waals surface area contributed by atoms with Gasteiger partial charge in [-0.05, 0) is 96.3 Å². The normalized spacial score (nSPS) is 12.3. The zero-order valence-electron chi connectivity index (χ0n) is 29.9. The Kier molecular flexibility index (Phi) is 21.8. The Bertz CT molecular complexity index is 895. The summed E-state index contributed by atoms with van der Waals surface area (Å²) in [4.78, 5) is 64.2. The molecule has 0 spiro atoms. The third-order valence-electron chi connectivity index (χ3n) is 10.3. The van der Waals surface area contributed by atoms with E-state index in [4.69, 9.17) is 30.6 Å². The maximum atomic E-state index is 11.0. The summed E-state index contributed by atoms with van der Waals surface area (Å²) in [6.07, 6.45) is 3.62. The molecule has 0 atom stereocenters. The zero-order valence-corrected chi connectivity index (χ0v) is 31.6. The fraction of sp³-hybridized carbons (Fsp3) is 0.818. The average Bonchev–Trinajstić information content (AvgIpc) is 2.83. The number of aliphatic carboxylic acids is 6. The topological polar surface area (TPSA) is 224 Å². The van der Waals surface area contributed by atoms with Crippen LogP contribution in [0.4, 0.5) is 0 Å². The van der Waals surface area contributed by atoms with Crippen molar-refractivity contribution in [2.75, 3.05) is 0 Å². The van der Waals surface area contributed by atoms with Gasteiger partial charge in [0.25, 0.3) is 0 Å². The number of carboxylic acids is 6. The summed E-state index contributed by atoms with van der Waals surface area (Å²) in [6, 6.07) is 0. The van der Waals surface area contributed by atoms with Crippen molar-refractivity contribution < 1.29 is 78.9 Å². The first kappa shape index (κ1) is 50.3. The van der Waals surface area contributed by atoms with Crippen molar-refractivity contribution in [1.29, 1.82) is 0 Å². The van der Waals surface area contributed by atoms with E-state index in [1.165, 1.54) is 0 Å². The van der Waals surface area contributed by atoms with Gasteiger partial charge in [-0.1, -0.05) is 41.5 Å². The van der Waals surface area contributed by atoms with E-state index >= 15 is 0 Å². The van der Waals surface area contributed by atoms with Gasteiger partial charge in [-0.25, -0.2) is 0 Å². The molecule has 6 N–H and O–H groups in total. The summed E-state index contributed by atoms with van der Waals surface area (Å²) in [5.74, 6) is -5.04. The minimum atomic E-state index is -0.845. The van der Waals surface area contributed by atoms with Crippen LogP contribution < -0.4 is 0 Å². The molecule has 0 aliphatic carbocycles. The van der Waals surface area contributed by atoms with Gasteiger partial charge in [-0.15, -0.1) is 0 Å². The Balaban J connectivity index is -0.000000285. The van der Waals surface area contributed by atoms with E-state index in [2.05, 4.69) is 0 Å². The molecule has 0 aromatic carbocycles.